The molecular weight excluding hydrogens is 388 g/mol. The summed E-state index contributed by atoms with van der Waals surface area (Å²) in [6.45, 7) is 5.70. The van der Waals surface area contributed by atoms with Crippen LogP contribution in [0, 0.1) is 5.92 Å². The quantitative estimate of drug-likeness (QED) is 0.552. The number of hydrogen-bond acceptors (Lipinski definition) is 4. The Hall–Kier alpha value is -2.89. The van der Waals surface area contributed by atoms with Crippen molar-refractivity contribution < 1.29 is 9.53 Å². The third-order valence-corrected chi connectivity index (χ3v) is 5.99. The van der Waals surface area contributed by atoms with Crippen LogP contribution in [-0.2, 0) is 4.74 Å². The number of imidazole rings is 1. The van der Waals surface area contributed by atoms with Crippen molar-refractivity contribution in [3.8, 4) is 11.1 Å². The summed E-state index contributed by atoms with van der Waals surface area (Å²) in [5.74, 6) is 1.20. The van der Waals surface area contributed by atoms with E-state index < -0.39 is 5.60 Å². The van der Waals surface area contributed by atoms with Gasteiger partial charge in [0, 0.05) is 19.4 Å². The Balaban J connectivity index is 1.69. The summed E-state index contributed by atoms with van der Waals surface area (Å²) >= 11 is 0. The molecule has 4 rings (SSSR count). The van der Waals surface area contributed by atoms with E-state index >= 15 is 0 Å². The third kappa shape index (κ3) is 4.89. The van der Waals surface area contributed by atoms with Crippen LogP contribution < -0.4 is 0 Å². The van der Waals surface area contributed by atoms with Crippen molar-refractivity contribution in [2.45, 2.75) is 64.5 Å². The van der Waals surface area contributed by atoms with Crippen LogP contribution in [0.1, 0.15) is 64.7 Å². The highest BCUT2D eigenvalue weighted by Gasteiger charge is 2.35. The second-order valence-electron chi connectivity index (χ2n) is 9.52. The molecule has 1 fully saturated rings. The molecule has 1 aliphatic carbocycles. The van der Waals surface area contributed by atoms with E-state index in [0.29, 0.717) is 5.92 Å². The van der Waals surface area contributed by atoms with Gasteiger partial charge in [0.2, 0.25) is 0 Å². The van der Waals surface area contributed by atoms with Gasteiger partial charge in [0.25, 0.3) is 0 Å². The van der Waals surface area contributed by atoms with E-state index in [4.69, 9.17) is 9.72 Å². The SMILES string of the molecule is CN(C(=O)OC(C)(C)C)C(c1nc2ccc(-c3ccncc3)cc2[nH]1)C1CCCCC1. The number of ether oxygens (including phenoxy) is 1. The zero-order valence-electron chi connectivity index (χ0n) is 18.9. The minimum absolute atomic E-state index is 0.132. The van der Waals surface area contributed by atoms with Crippen molar-refractivity contribution in [1.29, 1.82) is 0 Å². The second-order valence-corrected chi connectivity index (χ2v) is 9.52. The molecule has 1 aliphatic rings. The van der Waals surface area contributed by atoms with Crippen LogP contribution in [0.5, 0.6) is 0 Å². The van der Waals surface area contributed by atoms with Gasteiger partial charge in [-0.05, 0) is 74.9 Å². The number of rotatable bonds is 4. The van der Waals surface area contributed by atoms with Crippen molar-refractivity contribution in [2.75, 3.05) is 7.05 Å². The summed E-state index contributed by atoms with van der Waals surface area (Å²) in [6.07, 6.45) is 9.12. The summed E-state index contributed by atoms with van der Waals surface area (Å²) in [5.41, 5.74) is 3.58. The summed E-state index contributed by atoms with van der Waals surface area (Å²) in [6, 6.07) is 10.1. The number of benzene rings is 1. The molecule has 1 amide bonds. The van der Waals surface area contributed by atoms with Gasteiger partial charge in [-0.3, -0.25) is 4.98 Å². The van der Waals surface area contributed by atoms with Crippen molar-refractivity contribution in [1.82, 2.24) is 19.9 Å². The molecule has 31 heavy (non-hydrogen) atoms. The van der Waals surface area contributed by atoms with Crippen LogP contribution in [0.25, 0.3) is 22.2 Å². The van der Waals surface area contributed by atoms with Crippen LogP contribution in [-0.4, -0.2) is 38.6 Å². The smallest absolute Gasteiger partial charge is 0.410 e. The molecule has 2 heterocycles. The highest BCUT2D eigenvalue weighted by Crippen LogP contribution is 2.38. The van der Waals surface area contributed by atoms with Gasteiger partial charge in [-0.15, -0.1) is 0 Å². The van der Waals surface area contributed by atoms with Crippen molar-refractivity contribution in [3.63, 3.8) is 0 Å². The maximum Gasteiger partial charge on any atom is 0.410 e. The maximum absolute atomic E-state index is 12.9. The van der Waals surface area contributed by atoms with E-state index in [1.807, 2.05) is 46.0 Å². The van der Waals surface area contributed by atoms with Crippen LogP contribution in [0.4, 0.5) is 4.79 Å². The van der Waals surface area contributed by atoms with Crippen molar-refractivity contribution in [2.24, 2.45) is 5.92 Å². The first-order chi connectivity index (χ1) is 14.8. The average molecular weight is 421 g/mol. The fourth-order valence-corrected chi connectivity index (χ4v) is 4.51. The van der Waals surface area contributed by atoms with Crippen LogP contribution >= 0.6 is 0 Å². The molecule has 1 N–H and O–H groups in total. The Bertz CT molecular complexity index is 1030. The molecule has 6 nitrogen and oxygen atoms in total. The number of nitrogens with one attached hydrogen (secondary N) is 1. The molecule has 1 atom stereocenters. The lowest BCUT2D eigenvalue weighted by molar-refractivity contribution is 0.0125. The van der Waals surface area contributed by atoms with Gasteiger partial charge in [-0.25, -0.2) is 9.78 Å². The monoisotopic (exact) mass is 420 g/mol. The zero-order chi connectivity index (χ0) is 22.0. The molecule has 2 aromatic heterocycles. The molecule has 3 aromatic rings. The number of amides is 1. The Morgan fingerprint density at radius 1 is 1.10 bits per heavy atom. The first-order valence-corrected chi connectivity index (χ1v) is 11.2. The number of hydrogen-bond donors (Lipinski definition) is 1. The van der Waals surface area contributed by atoms with E-state index in [9.17, 15) is 4.79 Å². The summed E-state index contributed by atoms with van der Waals surface area (Å²) in [5, 5.41) is 0. The zero-order valence-corrected chi connectivity index (χ0v) is 18.9. The molecule has 164 valence electrons. The highest BCUT2D eigenvalue weighted by atomic mass is 16.6. The Morgan fingerprint density at radius 2 is 1.81 bits per heavy atom. The lowest BCUT2D eigenvalue weighted by Gasteiger charge is -2.36. The van der Waals surface area contributed by atoms with Crippen molar-refractivity contribution in [3.05, 3.63) is 48.5 Å². The van der Waals surface area contributed by atoms with E-state index in [1.54, 1.807) is 17.3 Å². The number of aromatic amines is 1. The molecule has 1 unspecified atom stereocenters. The number of fused-ring (bicyclic) bond motifs is 1. The standard InChI is InChI=1S/C25H32N4O2/c1-25(2,3)31-24(30)29(4)22(18-8-6-5-7-9-18)23-27-20-11-10-19(16-21(20)28-23)17-12-14-26-15-13-17/h10-16,18,22H,5-9H2,1-4H3,(H,27,28). The Labute approximate surface area is 184 Å². The largest absolute Gasteiger partial charge is 0.444 e. The van der Waals surface area contributed by atoms with Gasteiger partial charge in [0.1, 0.15) is 11.4 Å². The van der Waals surface area contributed by atoms with Gasteiger partial charge >= 0.3 is 6.09 Å². The fourth-order valence-electron chi connectivity index (χ4n) is 4.51. The van der Waals surface area contributed by atoms with E-state index in [-0.39, 0.29) is 12.1 Å². The van der Waals surface area contributed by atoms with Crippen molar-refractivity contribution >= 4 is 17.1 Å². The number of H-pyrrole nitrogens is 1. The summed E-state index contributed by atoms with van der Waals surface area (Å²) in [4.78, 5) is 27.2. The molecule has 1 aromatic carbocycles. The predicted octanol–water partition coefficient (Wildman–Crippen LogP) is 6.11. The van der Waals surface area contributed by atoms with E-state index in [1.165, 1.54) is 19.3 Å². The van der Waals surface area contributed by atoms with Crippen LogP contribution in [0.3, 0.4) is 0 Å². The molecule has 1 saturated carbocycles. The van der Waals surface area contributed by atoms with E-state index in [2.05, 4.69) is 22.1 Å². The number of carbonyl (C=O) groups excluding carboxylic acids is 1. The predicted molar refractivity (Wildman–Crippen MR) is 123 cm³/mol. The van der Waals surface area contributed by atoms with Gasteiger partial charge in [-0.1, -0.05) is 25.3 Å². The Morgan fingerprint density at radius 3 is 2.48 bits per heavy atom. The molecule has 0 saturated heterocycles. The van der Waals surface area contributed by atoms with Gasteiger partial charge < -0.3 is 14.6 Å². The third-order valence-electron chi connectivity index (χ3n) is 5.99. The van der Waals surface area contributed by atoms with Crippen LogP contribution in [0.15, 0.2) is 42.7 Å². The number of nitrogens with zero attached hydrogens (tertiary/aromatic N) is 3. The molecule has 0 aliphatic heterocycles. The number of carbonyl (C=O) groups is 1. The van der Waals surface area contributed by atoms with Crippen LogP contribution in [0.2, 0.25) is 0 Å². The minimum Gasteiger partial charge on any atom is -0.444 e. The number of pyridine rings is 1. The molecule has 0 spiro atoms. The van der Waals surface area contributed by atoms with E-state index in [0.717, 1.165) is 40.8 Å². The first kappa shape index (κ1) is 21.3. The Kier molecular flexibility index (Phi) is 5.99. The minimum atomic E-state index is -0.532. The fraction of sp³-hybridized carbons (Fsp3) is 0.480. The molecular formula is C25H32N4O2. The molecule has 6 heteroatoms. The van der Waals surface area contributed by atoms with Gasteiger partial charge in [0.15, 0.2) is 0 Å². The summed E-state index contributed by atoms with van der Waals surface area (Å²) < 4.78 is 5.68. The lowest BCUT2D eigenvalue weighted by atomic mass is 9.83. The number of aromatic nitrogens is 3. The first-order valence-electron chi connectivity index (χ1n) is 11.2. The normalized spacial score (nSPS) is 16.3. The lowest BCUT2D eigenvalue weighted by Crippen LogP contribution is -2.40. The molecule has 0 bridgehead atoms. The maximum atomic E-state index is 12.9. The summed E-state index contributed by atoms with van der Waals surface area (Å²) in [7, 11) is 1.84. The molecule has 0 radical (unpaired) electrons. The topological polar surface area (TPSA) is 71.1 Å². The highest BCUT2D eigenvalue weighted by molar-refractivity contribution is 5.82. The van der Waals surface area contributed by atoms with Gasteiger partial charge in [-0.2, -0.15) is 0 Å². The van der Waals surface area contributed by atoms with Gasteiger partial charge in [0.05, 0.1) is 17.1 Å². The average Bonchev–Trinajstić information content (AvgIpc) is 3.16. The second kappa shape index (κ2) is 8.69.